The zero-order valence-electron chi connectivity index (χ0n) is 27.4. The van der Waals surface area contributed by atoms with Gasteiger partial charge in [-0.05, 0) is 35.4 Å². The summed E-state index contributed by atoms with van der Waals surface area (Å²) in [5.41, 5.74) is 10.9. The van der Waals surface area contributed by atoms with Gasteiger partial charge in [-0.1, -0.05) is 125 Å². The van der Waals surface area contributed by atoms with Crippen LogP contribution >= 0.6 is 17.0 Å². The van der Waals surface area contributed by atoms with Gasteiger partial charge in [0, 0.05) is 9.52 Å². The monoisotopic (exact) mass is 712 g/mol. The summed E-state index contributed by atoms with van der Waals surface area (Å²) in [6, 6.07) is 40.1. The molecule has 0 spiro atoms. The van der Waals surface area contributed by atoms with E-state index in [0.29, 0.717) is 0 Å². The summed E-state index contributed by atoms with van der Waals surface area (Å²) in [6.07, 6.45) is 1.09. The molecule has 6 rings (SSSR count). The van der Waals surface area contributed by atoms with Crippen LogP contribution in [0.1, 0.15) is 49.9 Å². The maximum absolute atomic E-state index is 4.93. The van der Waals surface area contributed by atoms with Crippen LogP contribution in [0, 0.1) is 13.8 Å². The molecular formula is C40H44Cl2SiZr. The summed E-state index contributed by atoms with van der Waals surface area (Å²) in [5.74, 6) is 0. The van der Waals surface area contributed by atoms with Crippen molar-refractivity contribution in [2.75, 3.05) is 0 Å². The third kappa shape index (κ3) is 9.89. The molecule has 0 heterocycles. The van der Waals surface area contributed by atoms with Crippen LogP contribution in [-0.4, -0.2) is 9.52 Å². The maximum atomic E-state index is 4.93. The molecule has 226 valence electrons. The predicted octanol–water partition coefficient (Wildman–Crippen LogP) is 13.1. The second kappa shape index (κ2) is 17.5. The Morgan fingerprint density at radius 1 is 0.682 bits per heavy atom. The zero-order valence-corrected chi connectivity index (χ0v) is 32.3. The van der Waals surface area contributed by atoms with E-state index in [-0.39, 0.29) is 5.41 Å². The SMILES string of the molecule is CCc1cc2c(-c3ccc(C(C)(C)C)cc3)cccc2[cH-]1.C[Si]C.Cc1ccc(-c2cccc3[cH-]c(C)cc23)cc1.[Cl][Zr+2][Cl]. The summed E-state index contributed by atoms with van der Waals surface area (Å²) in [5, 5.41) is 5.41. The molecule has 0 aliphatic carbocycles. The first-order valence-corrected chi connectivity index (χ1v) is 23.5. The average Bonchev–Trinajstić information content (AvgIpc) is 3.61. The molecule has 6 aromatic rings. The molecule has 0 bridgehead atoms. The van der Waals surface area contributed by atoms with Gasteiger partial charge in [0.2, 0.25) is 0 Å². The molecule has 6 aromatic carbocycles. The minimum absolute atomic E-state index is 0.209. The Bertz CT molecular complexity index is 1720. The van der Waals surface area contributed by atoms with Crippen LogP contribution in [0.3, 0.4) is 0 Å². The number of hydrogen-bond acceptors (Lipinski definition) is 0. The number of halogens is 2. The standard InChI is InChI=1S/C21H23.C17H15.C2H6Si.2ClH.Zr/c1-5-15-13-17-7-6-8-19(20(17)14-15)16-9-11-18(12-10-16)21(2,3)4;1-12-6-8-14(9-7-12)16-5-3-4-15-10-13(2)11-17(15)16;1-3-2;;;/h6-14H,5H2,1-4H3;3-11H,1-2H3;1-2H3;2*1H;/q2*-1;;;;+4/p-2. The molecule has 4 heteroatoms. The quantitative estimate of drug-likeness (QED) is 0.126. The molecule has 0 N–H and O–H groups in total. The van der Waals surface area contributed by atoms with Gasteiger partial charge in [0.15, 0.2) is 0 Å². The van der Waals surface area contributed by atoms with Crippen molar-refractivity contribution >= 4 is 48.1 Å². The van der Waals surface area contributed by atoms with E-state index in [1.165, 1.54) is 66.1 Å². The Kier molecular flexibility index (Phi) is 14.4. The fraction of sp³-hybridized carbons (Fsp3) is 0.250. The third-order valence-electron chi connectivity index (χ3n) is 7.54. The Balaban J connectivity index is 0.000000207. The van der Waals surface area contributed by atoms with E-state index in [2.05, 4.69) is 164 Å². The van der Waals surface area contributed by atoms with Crippen LogP contribution in [0.25, 0.3) is 43.8 Å². The van der Waals surface area contributed by atoms with Crippen molar-refractivity contribution in [2.24, 2.45) is 0 Å². The van der Waals surface area contributed by atoms with Crippen LogP contribution in [0.2, 0.25) is 13.1 Å². The van der Waals surface area contributed by atoms with Gasteiger partial charge >= 0.3 is 37.9 Å². The molecule has 0 atom stereocenters. The van der Waals surface area contributed by atoms with Gasteiger partial charge < -0.3 is 0 Å². The van der Waals surface area contributed by atoms with Crippen LogP contribution < -0.4 is 0 Å². The molecule has 0 aromatic heterocycles. The van der Waals surface area contributed by atoms with Gasteiger partial charge in [-0.15, -0.1) is 69.1 Å². The first kappa shape index (κ1) is 36.3. The van der Waals surface area contributed by atoms with Crippen molar-refractivity contribution in [3.63, 3.8) is 0 Å². The molecule has 0 saturated carbocycles. The molecular weight excluding hydrogens is 671 g/mol. The average molecular weight is 715 g/mol. The molecule has 0 unspecified atom stereocenters. The number of fused-ring (bicyclic) bond motifs is 2. The molecule has 0 aliphatic heterocycles. The van der Waals surface area contributed by atoms with E-state index in [0.717, 1.165) is 15.9 Å². The topological polar surface area (TPSA) is 0 Å². The van der Waals surface area contributed by atoms with Crippen molar-refractivity contribution in [1.82, 2.24) is 0 Å². The minimum atomic E-state index is -0.826. The molecule has 0 fully saturated rings. The number of rotatable bonds is 3. The molecule has 0 saturated heterocycles. The summed E-state index contributed by atoms with van der Waals surface area (Å²) in [4.78, 5) is 0. The summed E-state index contributed by atoms with van der Waals surface area (Å²) < 4.78 is 0. The number of benzene rings is 4. The molecule has 0 nitrogen and oxygen atoms in total. The summed E-state index contributed by atoms with van der Waals surface area (Å²) in [6.45, 7) is 17.6. The zero-order chi connectivity index (χ0) is 32.3. The first-order chi connectivity index (χ1) is 21.1. The predicted molar refractivity (Wildman–Crippen MR) is 197 cm³/mol. The van der Waals surface area contributed by atoms with Gasteiger partial charge in [-0.25, -0.2) is 0 Å². The number of aryl methyl sites for hydroxylation is 3. The Labute approximate surface area is 287 Å². The summed E-state index contributed by atoms with van der Waals surface area (Å²) in [7, 11) is 11.0. The van der Waals surface area contributed by atoms with E-state index in [1.54, 1.807) is 0 Å². The third-order valence-corrected chi connectivity index (χ3v) is 7.54. The van der Waals surface area contributed by atoms with Crippen molar-refractivity contribution in [3.8, 4) is 22.3 Å². The van der Waals surface area contributed by atoms with E-state index < -0.39 is 20.8 Å². The van der Waals surface area contributed by atoms with Crippen molar-refractivity contribution < 1.29 is 20.8 Å². The van der Waals surface area contributed by atoms with E-state index in [1.807, 2.05) is 0 Å². The first-order valence-electron chi connectivity index (χ1n) is 15.1. The Morgan fingerprint density at radius 3 is 1.61 bits per heavy atom. The Hall–Kier alpha value is -2.22. The van der Waals surface area contributed by atoms with Crippen molar-refractivity contribution in [2.45, 2.75) is 66.5 Å². The fourth-order valence-electron chi connectivity index (χ4n) is 5.27. The van der Waals surface area contributed by atoms with E-state index in [4.69, 9.17) is 17.0 Å². The summed E-state index contributed by atoms with van der Waals surface area (Å²) >= 11 is -0.826. The second-order valence-corrected chi connectivity index (χ2v) is 16.9. The molecule has 0 aliphatic rings. The van der Waals surface area contributed by atoms with Crippen LogP contribution in [0.15, 0.2) is 109 Å². The molecule has 2 radical (unpaired) electrons. The normalized spacial score (nSPS) is 10.6. The molecule has 44 heavy (non-hydrogen) atoms. The van der Waals surface area contributed by atoms with Crippen molar-refractivity contribution in [1.29, 1.82) is 0 Å². The van der Waals surface area contributed by atoms with Gasteiger partial charge in [-0.3, -0.25) is 0 Å². The van der Waals surface area contributed by atoms with Gasteiger partial charge in [0.25, 0.3) is 0 Å². The van der Waals surface area contributed by atoms with Crippen LogP contribution in [-0.2, 0) is 32.7 Å². The fourth-order valence-corrected chi connectivity index (χ4v) is 5.27. The second-order valence-electron chi connectivity index (χ2n) is 12.1. The van der Waals surface area contributed by atoms with E-state index in [9.17, 15) is 0 Å². The van der Waals surface area contributed by atoms with Crippen LogP contribution in [0.5, 0.6) is 0 Å². The van der Waals surface area contributed by atoms with Gasteiger partial charge in [-0.2, -0.15) is 12.1 Å². The van der Waals surface area contributed by atoms with Crippen molar-refractivity contribution in [3.05, 3.63) is 131 Å². The molecule has 0 amide bonds. The van der Waals surface area contributed by atoms with Gasteiger partial charge in [0.05, 0.1) is 0 Å². The Morgan fingerprint density at radius 2 is 1.14 bits per heavy atom. The van der Waals surface area contributed by atoms with Gasteiger partial charge in [0.1, 0.15) is 0 Å². The number of hydrogen-bond donors (Lipinski definition) is 0. The van der Waals surface area contributed by atoms with E-state index >= 15 is 0 Å². The van der Waals surface area contributed by atoms with Crippen LogP contribution in [0.4, 0.5) is 0 Å².